The monoisotopic (exact) mass is 321 g/mol. The van der Waals surface area contributed by atoms with Crippen LogP contribution >= 0.6 is 0 Å². The molecule has 1 aliphatic rings. The van der Waals surface area contributed by atoms with Crippen LogP contribution in [0.1, 0.15) is 32.4 Å². The summed E-state index contributed by atoms with van der Waals surface area (Å²) in [6.07, 6.45) is 1.65. The van der Waals surface area contributed by atoms with E-state index in [1.165, 1.54) is 0 Å². The summed E-state index contributed by atoms with van der Waals surface area (Å²) in [6.45, 7) is 9.19. The van der Waals surface area contributed by atoms with Crippen molar-refractivity contribution in [1.82, 2.24) is 14.9 Å². The minimum Gasteiger partial charge on any atom is -0.478 e. The van der Waals surface area contributed by atoms with Gasteiger partial charge in [0.25, 0.3) is 0 Å². The smallest absolute Gasteiger partial charge is 0.239 e. The number of ether oxygens (including phenoxy) is 1. The van der Waals surface area contributed by atoms with E-state index in [4.69, 9.17) is 10.5 Å². The molecule has 0 bridgehead atoms. The van der Waals surface area contributed by atoms with E-state index in [1.807, 2.05) is 31.7 Å². The molecule has 2 rings (SSSR count). The molecule has 1 aliphatic heterocycles. The Hall–Kier alpha value is -1.89. The zero-order valence-corrected chi connectivity index (χ0v) is 14.3. The van der Waals surface area contributed by atoms with Crippen molar-refractivity contribution < 1.29 is 9.53 Å². The molecule has 1 unspecified atom stereocenters. The van der Waals surface area contributed by atoms with E-state index in [1.54, 1.807) is 0 Å². The van der Waals surface area contributed by atoms with Crippen LogP contribution in [0.4, 0.5) is 5.95 Å². The van der Waals surface area contributed by atoms with E-state index in [9.17, 15) is 4.79 Å². The molecule has 0 aromatic carbocycles. The van der Waals surface area contributed by atoms with Crippen molar-refractivity contribution >= 4 is 11.9 Å². The highest BCUT2D eigenvalue weighted by Crippen LogP contribution is 2.17. The third-order valence-corrected chi connectivity index (χ3v) is 3.90. The van der Waals surface area contributed by atoms with Gasteiger partial charge in [0, 0.05) is 37.9 Å². The molecule has 0 spiro atoms. The van der Waals surface area contributed by atoms with Crippen LogP contribution in [0.5, 0.6) is 5.88 Å². The van der Waals surface area contributed by atoms with Crippen molar-refractivity contribution in [1.29, 1.82) is 0 Å². The summed E-state index contributed by atoms with van der Waals surface area (Å²) < 4.78 is 5.48. The van der Waals surface area contributed by atoms with Crippen molar-refractivity contribution in [2.75, 3.05) is 37.7 Å². The number of nitrogens with zero attached hydrogens (tertiary/aromatic N) is 4. The Morgan fingerprint density at radius 2 is 2.00 bits per heavy atom. The lowest BCUT2D eigenvalue weighted by atomic mass is 10.1. The van der Waals surface area contributed by atoms with Gasteiger partial charge in [-0.2, -0.15) is 4.98 Å². The van der Waals surface area contributed by atoms with Crippen molar-refractivity contribution in [2.45, 2.75) is 39.7 Å². The van der Waals surface area contributed by atoms with Gasteiger partial charge >= 0.3 is 0 Å². The highest BCUT2D eigenvalue weighted by molar-refractivity contribution is 5.81. The highest BCUT2D eigenvalue weighted by Gasteiger charge is 2.26. The van der Waals surface area contributed by atoms with Gasteiger partial charge in [-0.1, -0.05) is 13.3 Å². The SMILES string of the molecule is CCCC(N)C(=O)N1CCN(c2nc(C)cc(OCC)n2)CC1. The zero-order valence-electron chi connectivity index (χ0n) is 14.3. The number of amides is 1. The third kappa shape index (κ3) is 4.54. The third-order valence-electron chi connectivity index (χ3n) is 3.90. The Morgan fingerprint density at radius 3 is 2.61 bits per heavy atom. The number of aryl methyl sites for hydroxylation is 1. The summed E-state index contributed by atoms with van der Waals surface area (Å²) in [6, 6.07) is 1.45. The van der Waals surface area contributed by atoms with Crippen molar-refractivity contribution in [3.05, 3.63) is 11.8 Å². The highest BCUT2D eigenvalue weighted by atomic mass is 16.5. The standard InChI is InChI=1S/C16H27N5O2/c1-4-6-13(17)15(22)20-7-9-21(10-8-20)16-18-12(3)11-14(19-16)23-5-2/h11,13H,4-10,17H2,1-3H3. The van der Waals surface area contributed by atoms with E-state index in [0.29, 0.717) is 44.6 Å². The van der Waals surface area contributed by atoms with Gasteiger partial charge in [0.1, 0.15) is 0 Å². The fourth-order valence-corrected chi connectivity index (χ4v) is 2.68. The minimum absolute atomic E-state index is 0.0478. The second-order valence-corrected chi connectivity index (χ2v) is 5.79. The first kappa shape index (κ1) is 17.5. The van der Waals surface area contributed by atoms with Crippen LogP contribution in [0.2, 0.25) is 0 Å². The molecular weight excluding hydrogens is 294 g/mol. The summed E-state index contributed by atoms with van der Waals surface area (Å²) in [5, 5.41) is 0. The molecule has 1 atom stereocenters. The fraction of sp³-hybridized carbons (Fsp3) is 0.688. The molecule has 7 heteroatoms. The van der Waals surface area contributed by atoms with Crippen LogP contribution in [0.25, 0.3) is 0 Å². The average molecular weight is 321 g/mol. The lowest BCUT2D eigenvalue weighted by molar-refractivity contribution is -0.133. The lowest BCUT2D eigenvalue weighted by Crippen LogP contribution is -2.53. The van der Waals surface area contributed by atoms with E-state index in [-0.39, 0.29) is 11.9 Å². The number of nitrogens with two attached hydrogens (primary N) is 1. The molecule has 23 heavy (non-hydrogen) atoms. The summed E-state index contributed by atoms with van der Waals surface area (Å²) in [7, 11) is 0. The molecule has 128 valence electrons. The first-order valence-electron chi connectivity index (χ1n) is 8.33. The van der Waals surface area contributed by atoms with Crippen LogP contribution in [-0.4, -0.2) is 59.6 Å². The maximum atomic E-state index is 12.3. The number of aromatic nitrogens is 2. The second-order valence-electron chi connectivity index (χ2n) is 5.79. The van der Waals surface area contributed by atoms with Crippen LogP contribution in [0, 0.1) is 6.92 Å². The Bertz CT molecular complexity index is 529. The van der Waals surface area contributed by atoms with Gasteiger partial charge in [-0.3, -0.25) is 4.79 Å². The van der Waals surface area contributed by atoms with E-state index in [2.05, 4.69) is 14.9 Å². The van der Waals surface area contributed by atoms with Crippen LogP contribution in [-0.2, 0) is 4.79 Å². The van der Waals surface area contributed by atoms with E-state index in [0.717, 1.165) is 18.5 Å². The normalized spacial score (nSPS) is 16.3. The number of rotatable bonds is 6. The summed E-state index contributed by atoms with van der Waals surface area (Å²) in [4.78, 5) is 25.1. The maximum Gasteiger partial charge on any atom is 0.239 e. The Balaban J connectivity index is 1.97. The molecule has 1 fully saturated rings. The largest absolute Gasteiger partial charge is 0.478 e. The number of carbonyl (C=O) groups excluding carboxylic acids is 1. The molecule has 0 aliphatic carbocycles. The van der Waals surface area contributed by atoms with E-state index >= 15 is 0 Å². The number of hydrogen-bond acceptors (Lipinski definition) is 6. The first-order valence-corrected chi connectivity index (χ1v) is 8.33. The average Bonchev–Trinajstić information content (AvgIpc) is 2.54. The summed E-state index contributed by atoms with van der Waals surface area (Å²) >= 11 is 0. The summed E-state index contributed by atoms with van der Waals surface area (Å²) in [5.74, 6) is 1.31. The molecule has 1 amide bonds. The lowest BCUT2D eigenvalue weighted by Gasteiger charge is -2.36. The van der Waals surface area contributed by atoms with Crippen molar-refractivity contribution in [3.63, 3.8) is 0 Å². The molecular formula is C16H27N5O2. The summed E-state index contributed by atoms with van der Waals surface area (Å²) in [5.41, 5.74) is 6.81. The molecule has 7 nitrogen and oxygen atoms in total. The van der Waals surface area contributed by atoms with Crippen LogP contribution in [0.15, 0.2) is 6.07 Å². The van der Waals surface area contributed by atoms with Gasteiger partial charge in [-0.15, -0.1) is 0 Å². The number of hydrogen-bond donors (Lipinski definition) is 1. The van der Waals surface area contributed by atoms with E-state index < -0.39 is 0 Å². The first-order chi connectivity index (χ1) is 11.0. The Kier molecular flexibility index (Phi) is 6.15. The van der Waals surface area contributed by atoms with Gasteiger partial charge in [-0.05, 0) is 20.3 Å². The predicted molar refractivity (Wildman–Crippen MR) is 89.6 cm³/mol. The van der Waals surface area contributed by atoms with Gasteiger partial charge < -0.3 is 20.3 Å². The van der Waals surface area contributed by atoms with Gasteiger partial charge in [0.15, 0.2) is 0 Å². The molecule has 2 heterocycles. The maximum absolute atomic E-state index is 12.3. The van der Waals surface area contributed by atoms with Crippen LogP contribution < -0.4 is 15.4 Å². The van der Waals surface area contributed by atoms with Crippen LogP contribution in [0.3, 0.4) is 0 Å². The predicted octanol–water partition coefficient (Wildman–Crippen LogP) is 0.960. The topological polar surface area (TPSA) is 84.6 Å². The zero-order chi connectivity index (χ0) is 16.8. The number of piperazine rings is 1. The number of anilines is 1. The number of carbonyl (C=O) groups is 1. The van der Waals surface area contributed by atoms with Gasteiger partial charge in [0.05, 0.1) is 12.6 Å². The van der Waals surface area contributed by atoms with Gasteiger partial charge in [0.2, 0.25) is 17.7 Å². The minimum atomic E-state index is -0.383. The second kappa shape index (κ2) is 8.10. The molecule has 1 aromatic heterocycles. The van der Waals surface area contributed by atoms with Gasteiger partial charge in [-0.25, -0.2) is 4.98 Å². The molecule has 1 aromatic rings. The molecule has 2 N–H and O–H groups in total. The Labute approximate surface area is 137 Å². The molecule has 0 saturated carbocycles. The van der Waals surface area contributed by atoms with Crippen molar-refractivity contribution in [3.8, 4) is 5.88 Å². The quantitative estimate of drug-likeness (QED) is 0.840. The molecule has 1 saturated heterocycles. The fourth-order valence-electron chi connectivity index (χ4n) is 2.68. The molecule has 0 radical (unpaired) electrons. The van der Waals surface area contributed by atoms with Crippen molar-refractivity contribution in [2.24, 2.45) is 5.73 Å². The Morgan fingerprint density at radius 1 is 1.30 bits per heavy atom.